The third-order valence-corrected chi connectivity index (χ3v) is 3.87. The van der Waals surface area contributed by atoms with Crippen LogP contribution >= 0.6 is 0 Å². The van der Waals surface area contributed by atoms with Crippen LogP contribution in [-0.2, 0) is 7.05 Å². The predicted molar refractivity (Wildman–Crippen MR) is 75.8 cm³/mol. The van der Waals surface area contributed by atoms with Crippen LogP contribution in [0.5, 0.6) is 0 Å². The lowest BCUT2D eigenvalue weighted by Gasteiger charge is -2.25. The molecule has 2 heterocycles. The third-order valence-electron chi connectivity index (χ3n) is 3.87. The van der Waals surface area contributed by atoms with Crippen LogP contribution in [0.2, 0.25) is 0 Å². The fraction of sp³-hybridized carbons (Fsp3) is 0.533. The minimum Gasteiger partial charge on any atom is -0.467 e. The summed E-state index contributed by atoms with van der Waals surface area (Å²) in [4.78, 5) is 4.45. The molecule has 0 bridgehead atoms. The van der Waals surface area contributed by atoms with Gasteiger partial charge in [0.15, 0.2) is 0 Å². The standard InChI is InChI=1S/C15H23N3O/c1-5-11(2)12(3)17-14(13-7-6-10-19-13)15-16-8-9-18(15)4/h6-12,14,17H,5H2,1-4H3. The van der Waals surface area contributed by atoms with E-state index in [9.17, 15) is 0 Å². The Morgan fingerprint density at radius 3 is 2.74 bits per heavy atom. The summed E-state index contributed by atoms with van der Waals surface area (Å²) in [6.07, 6.45) is 6.64. The number of hydrogen-bond acceptors (Lipinski definition) is 3. The molecule has 4 nitrogen and oxygen atoms in total. The normalized spacial score (nSPS) is 16.2. The van der Waals surface area contributed by atoms with Crippen molar-refractivity contribution in [2.75, 3.05) is 0 Å². The molecule has 0 spiro atoms. The van der Waals surface area contributed by atoms with Gasteiger partial charge in [-0.3, -0.25) is 5.32 Å². The van der Waals surface area contributed by atoms with E-state index in [1.807, 2.05) is 36.1 Å². The number of imidazole rings is 1. The van der Waals surface area contributed by atoms with Gasteiger partial charge >= 0.3 is 0 Å². The van der Waals surface area contributed by atoms with E-state index >= 15 is 0 Å². The molecule has 104 valence electrons. The Balaban J connectivity index is 2.24. The average Bonchev–Trinajstić information content (AvgIpc) is 3.06. The highest BCUT2D eigenvalue weighted by Gasteiger charge is 2.24. The molecule has 0 aliphatic heterocycles. The zero-order valence-electron chi connectivity index (χ0n) is 12.1. The van der Waals surface area contributed by atoms with Crippen molar-refractivity contribution in [3.05, 3.63) is 42.4 Å². The van der Waals surface area contributed by atoms with Crippen LogP contribution in [0.15, 0.2) is 35.2 Å². The fourth-order valence-corrected chi connectivity index (χ4v) is 2.18. The first-order chi connectivity index (χ1) is 9.13. The van der Waals surface area contributed by atoms with E-state index in [0.717, 1.165) is 18.0 Å². The Morgan fingerprint density at radius 2 is 2.21 bits per heavy atom. The third kappa shape index (κ3) is 3.07. The molecule has 2 rings (SSSR count). The summed E-state index contributed by atoms with van der Waals surface area (Å²) in [6.45, 7) is 6.69. The Hall–Kier alpha value is -1.55. The van der Waals surface area contributed by atoms with Gasteiger partial charge in [0.2, 0.25) is 0 Å². The van der Waals surface area contributed by atoms with Gasteiger partial charge < -0.3 is 8.98 Å². The molecule has 0 amide bonds. The van der Waals surface area contributed by atoms with Crippen molar-refractivity contribution in [2.24, 2.45) is 13.0 Å². The molecular weight excluding hydrogens is 238 g/mol. The molecule has 19 heavy (non-hydrogen) atoms. The van der Waals surface area contributed by atoms with E-state index in [0.29, 0.717) is 12.0 Å². The van der Waals surface area contributed by atoms with Gasteiger partial charge in [0, 0.05) is 25.5 Å². The molecule has 0 aliphatic rings. The summed E-state index contributed by atoms with van der Waals surface area (Å²) >= 11 is 0. The molecule has 1 N–H and O–H groups in total. The van der Waals surface area contributed by atoms with Crippen molar-refractivity contribution in [1.29, 1.82) is 0 Å². The van der Waals surface area contributed by atoms with E-state index in [4.69, 9.17) is 4.42 Å². The zero-order chi connectivity index (χ0) is 13.8. The van der Waals surface area contributed by atoms with E-state index in [1.165, 1.54) is 0 Å². The van der Waals surface area contributed by atoms with Crippen molar-refractivity contribution < 1.29 is 4.42 Å². The van der Waals surface area contributed by atoms with Gasteiger partial charge in [-0.05, 0) is 25.0 Å². The molecule has 0 radical (unpaired) electrons. The van der Waals surface area contributed by atoms with E-state index < -0.39 is 0 Å². The van der Waals surface area contributed by atoms with Crippen molar-refractivity contribution in [3.8, 4) is 0 Å². The smallest absolute Gasteiger partial charge is 0.133 e. The minimum atomic E-state index is -0.000926. The molecule has 2 aromatic rings. The number of rotatable bonds is 6. The highest BCUT2D eigenvalue weighted by Crippen LogP contribution is 2.23. The number of aromatic nitrogens is 2. The van der Waals surface area contributed by atoms with Crippen LogP contribution in [0.1, 0.15) is 44.8 Å². The van der Waals surface area contributed by atoms with Gasteiger partial charge in [-0.25, -0.2) is 4.98 Å². The van der Waals surface area contributed by atoms with Crippen molar-refractivity contribution in [1.82, 2.24) is 14.9 Å². The van der Waals surface area contributed by atoms with Gasteiger partial charge in [-0.1, -0.05) is 20.3 Å². The molecule has 2 aromatic heterocycles. The fourth-order valence-electron chi connectivity index (χ4n) is 2.18. The Morgan fingerprint density at radius 1 is 1.42 bits per heavy atom. The highest BCUT2D eigenvalue weighted by molar-refractivity contribution is 5.16. The summed E-state index contributed by atoms with van der Waals surface area (Å²) in [7, 11) is 2.01. The highest BCUT2D eigenvalue weighted by atomic mass is 16.3. The first kappa shape index (κ1) is 13.9. The molecule has 0 saturated heterocycles. The van der Waals surface area contributed by atoms with Gasteiger partial charge in [0.25, 0.3) is 0 Å². The maximum Gasteiger partial charge on any atom is 0.133 e. The van der Waals surface area contributed by atoms with Crippen LogP contribution in [0.4, 0.5) is 0 Å². The van der Waals surface area contributed by atoms with Gasteiger partial charge in [0.05, 0.1) is 6.26 Å². The first-order valence-corrected chi connectivity index (χ1v) is 6.90. The molecule has 4 heteroatoms. The molecule has 0 aromatic carbocycles. The Bertz CT molecular complexity index is 489. The average molecular weight is 261 g/mol. The summed E-state index contributed by atoms with van der Waals surface area (Å²) in [6, 6.07) is 4.31. The second kappa shape index (κ2) is 6.06. The number of aryl methyl sites for hydroxylation is 1. The van der Waals surface area contributed by atoms with Crippen molar-refractivity contribution in [3.63, 3.8) is 0 Å². The van der Waals surface area contributed by atoms with Crippen LogP contribution < -0.4 is 5.32 Å². The Labute approximate surface area is 114 Å². The molecule has 0 aliphatic carbocycles. The maximum atomic E-state index is 5.57. The number of nitrogens with one attached hydrogen (secondary N) is 1. The van der Waals surface area contributed by atoms with Crippen molar-refractivity contribution in [2.45, 2.75) is 39.3 Å². The van der Waals surface area contributed by atoms with E-state index in [2.05, 4.69) is 31.1 Å². The lowest BCUT2D eigenvalue weighted by Crippen LogP contribution is -2.36. The molecular formula is C15H23N3O. The van der Waals surface area contributed by atoms with Crippen LogP contribution in [-0.4, -0.2) is 15.6 Å². The van der Waals surface area contributed by atoms with Gasteiger partial charge in [0.1, 0.15) is 17.6 Å². The van der Waals surface area contributed by atoms with Crippen LogP contribution in [0.25, 0.3) is 0 Å². The summed E-state index contributed by atoms with van der Waals surface area (Å²) in [5.41, 5.74) is 0. The number of hydrogen-bond donors (Lipinski definition) is 1. The topological polar surface area (TPSA) is 43.0 Å². The summed E-state index contributed by atoms with van der Waals surface area (Å²) < 4.78 is 7.60. The zero-order valence-corrected chi connectivity index (χ0v) is 12.1. The van der Waals surface area contributed by atoms with E-state index in [1.54, 1.807) is 6.26 Å². The van der Waals surface area contributed by atoms with Crippen LogP contribution in [0.3, 0.4) is 0 Å². The Kier molecular flexibility index (Phi) is 4.43. The number of nitrogens with zero attached hydrogens (tertiary/aromatic N) is 2. The van der Waals surface area contributed by atoms with Gasteiger partial charge in [-0.15, -0.1) is 0 Å². The number of furan rings is 1. The van der Waals surface area contributed by atoms with Gasteiger partial charge in [-0.2, -0.15) is 0 Å². The monoisotopic (exact) mass is 261 g/mol. The predicted octanol–water partition coefficient (Wildman–Crippen LogP) is 3.13. The molecule has 0 saturated carbocycles. The molecule has 3 atom stereocenters. The van der Waals surface area contributed by atoms with Crippen LogP contribution in [0, 0.1) is 5.92 Å². The quantitative estimate of drug-likeness (QED) is 0.868. The molecule has 3 unspecified atom stereocenters. The molecule has 0 fully saturated rings. The lowest BCUT2D eigenvalue weighted by atomic mass is 9.99. The minimum absolute atomic E-state index is 0.000926. The maximum absolute atomic E-state index is 5.57. The second-order valence-corrected chi connectivity index (χ2v) is 5.19. The summed E-state index contributed by atoms with van der Waals surface area (Å²) in [5.74, 6) is 2.49. The van der Waals surface area contributed by atoms with Crippen molar-refractivity contribution >= 4 is 0 Å². The first-order valence-electron chi connectivity index (χ1n) is 6.90. The lowest BCUT2D eigenvalue weighted by molar-refractivity contribution is 0.334. The van der Waals surface area contributed by atoms with E-state index in [-0.39, 0.29) is 6.04 Å². The SMILES string of the molecule is CCC(C)C(C)NC(c1ccco1)c1nccn1C. The summed E-state index contributed by atoms with van der Waals surface area (Å²) in [5, 5.41) is 3.64. The largest absolute Gasteiger partial charge is 0.467 e. The second-order valence-electron chi connectivity index (χ2n) is 5.19.